The third kappa shape index (κ3) is 3.02. The van der Waals surface area contributed by atoms with Gasteiger partial charge in [-0.05, 0) is 46.7 Å². The molecule has 0 spiro atoms. The number of carbonyl (C=O) groups is 1. The number of carbonyl (C=O) groups excluding carboxylic acids is 1. The largest absolute Gasteiger partial charge is 0.378 e. The van der Waals surface area contributed by atoms with Gasteiger partial charge >= 0.3 is 0 Å². The molecule has 4 aromatic rings. The topological polar surface area (TPSA) is 49.3 Å². The molecular weight excluding hydrogens is 330 g/mol. The molecule has 3 nitrogen and oxygen atoms in total. The molecule has 2 N–H and O–H groups in total. The van der Waals surface area contributed by atoms with Crippen LogP contribution < -0.4 is 5.32 Å². The molecule has 0 fully saturated rings. The van der Waals surface area contributed by atoms with Crippen molar-refractivity contribution < 1.29 is 9.90 Å². The van der Waals surface area contributed by atoms with Crippen molar-refractivity contribution in [2.45, 2.75) is 13.0 Å². The zero-order chi connectivity index (χ0) is 17.4. The quantitative estimate of drug-likeness (QED) is 0.546. The van der Waals surface area contributed by atoms with E-state index in [9.17, 15) is 9.90 Å². The lowest BCUT2D eigenvalue weighted by Crippen LogP contribution is -2.20. The molecule has 0 aliphatic rings. The summed E-state index contributed by atoms with van der Waals surface area (Å²) < 4.78 is 1.07. The van der Waals surface area contributed by atoms with E-state index in [1.54, 1.807) is 0 Å². The summed E-state index contributed by atoms with van der Waals surface area (Å²) in [6.07, 6.45) is -1.19. The number of thiophene rings is 1. The van der Waals surface area contributed by atoms with Gasteiger partial charge in [-0.25, -0.2) is 0 Å². The van der Waals surface area contributed by atoms with E-state index in [-0.39, 0.29) is 0 Å². The minimum absolute atomic E-state index is 0.420. The first kappa shape index (κ1) is 15.8. The molecule has 0 saturated carbocycles. The summed E-state index contributed by atoms with van der Waals surface area (Å²) in [7, 11) is 0. The molecule has 1 amide bonds. The Hall–Kier alpha value is -2.69. The van der Waals surface area contributed by atoms with Gasteiger partial charge in [0.15, 0.2) is 6.10 Å². The monoisotopic (exact) mass is 347 g/mol. The zero-order valence-electron chi connectivity index (χ0n) is 13.7. The molecule has 3 aromatic carbocycles. The van der Waals surface area contributed by atoms with Crippen LogP contribution in [0.1, 0.15) is 17.2 Å². The lowest BCUT2D eigenvalue weighted by atomic mass is 10.1. The Labute approximate surface area is 149 Å². The fourth-order valence-electron chi connectivity index (χ4n) is 2.99. The Bertz CT molecular complexity index is 1080. The first-order valence-electron chi connectivity index (χ1n) is 8.07. The number of aliphatic hydroxyl groups excluding tert-OH is 1. The Morgan fingerprint density at radius 1 is 1.04 bits per heavy atom. The highest BCUT2D eigenvalue weighted by Gasteiger charge is 2.21. The molecule has 0 aliphatic carbocycles. The van der Waals surface area contributed by atoms with Crippen LogP contribution in [0.25, 0.3) is 20.9 Å². The second-order valence-electron chi connectivity index (χ2n) is 6.14. The van der Waals surface area contributed by atoms with E-state index < -0.39 is 12.0 Å². The number of hydrogen-bond donors (Lipinski definition) is 2. The van der Waals surface area contributed by atoms with Crippen molar-refractivity contribution >= 4 is 43.8 Å². The van der Waals surface area contributed by atoms with E-state index in [4.69, 9.17) is 0 Å². The number of fused-ring (bicyclic) bond motifs is 2. The Balaban J connectivity index is 1.61. The van der Waals surface area contributed by atoms with Crippen LogP contribution >= 0.6 is 11.3 Å². The molecule has 0 radical (unpaired) electrons. The van der Waals surface area contributed by atoms with Crippen LogP contribution in [0, 0.1) is 6.92 Å². The summed E-state index contributed by atoms with van der Waals surface area (Å²) in [4.78, 5) is 12.5. The lowest BCUT2D eigenvalue weighted by Gasteiger charge is -2.12. The standard InChI is InChI=1S/C21H17NO2S/c1-13-6-9-19-17(10-13)18(12-25-19)20(23)21(24)22-16-8-7-14-4-2-3-5-15(14)11-16/h2-12,20,23H,1H3,(H,22,24). The third-order valence-corrected chi connectivity index (χ3v) is 5.30. The molecule has 1 aromatic heterocycles. The first-order valence-corrected chi connectivity index (χ1v) is 8.95. The number of aliphatic hydroxyl groups is 1. The fraction of sp³-hybridized carbons (Fsp3) is 0.0952. The summed E-state index contributed by atoms with van der Waals surface area (Å²) >= 11 is 1.54. The van der Waals surface area contributed by atoms with Crippen LogP contribution in [0.2, 0.25) is 0 Å². The van der Waals surface area contributed by atoms with Crippen molar-refractivity contribution in [1.82, 2.24) is 0 Å². The van der Waals surface area contributed by atoms with Crippen LogP contribution in [0.15, 0.2) is 66.0 Å². The number of rotatable bonds is 3. The van der Waals surface area contributed by atoms with Crippen molar-refractivity contribution in [3.63, 3.8) is 0 Å². The number of benzene rings is 3. The van der Waals surface area contributed by atoms with E-state index in [1.807, 2.05) is 73.0 Å². The SMILES string of the molecule is Cc1ccc2scc(C(O)C(=O)Nc3ccc4ccccc4c3)c2c1. The van der Waals surface area contributed by atoms with Crippen molar-refractivity contribution in [2.24, 2.45) is 0 Å². The molecule has 1 heterocycles. The Kier molecular flexibility index (Phi) is 3.99. The van der Waals surface area contributed by atoms with Crippen molar-refractivity contribution in [3.05, 3.63) is 77.2 Å². The zero-order valence-corrected chi connectivity index (χ0v) is 14.5. The molecule has 1 unspecified atom stereocenters. The predicted molar refractivity (Wildman–Crippen MR) is 104 cm³/mol. The molecular formula is C21H17NO2S. The van der Waals surface area contributed by atoms with E-state index >= 15 is 0 Å². The van der Waals surface area contributed by atoms with Crippen LogP contribution in [0.4, 0.5) is 5.69 Å². The smallest absolute Gasteiger partial charge is 0.257 e. The Morgan fingerprint density at radius 3 is 2.68 bits per heavy atom. The number of amides is 1. The Morgan fingerprint density at radius 2 is 1.84 bits per heavy atom. The van der Waals surface area contributed by atoms with Crippen LogP contribution in [-0.4, -0.2) is 11.0 Å². The summed E-state index contributed by atoms with van der Waals surface area (Å²) in [5.41, 5.74) is 2.44. The second kappa shape index (κ2) is 6.31. The molecule has 0 saturated heterocycles. The molecule has 0 aliphatic heterocycles. The molecule has 124 valence electrons. The average Bonchev–Trinajstić information content (AvgIpc) is 3.04. The predicted octanol–water partition coefficient (Wildman–Crippen LogP) is 5.04. The van der Waals surface area contributed by atoms with E-state index in [2.05, 4.69) is 5.32 Å². The average molecular weight is 347 g/mol. The lowest BCUT2D eigenvalue weighted by molar-refractivity contribution is -0.124. The minimum Gasteiger partial charge on any atom is -0.378 e. The third-order valence-electron chi connectivity index (χ3n) is 4.32. The molecule has 4 rings (SSSR count). The summed E-state index contributed by atoms with van der Waals surface area (Å²) in [5.74, 6) is -0.420. The van der Waals surface area contributed by atoms with Crippen molar-refractivity contribution in [3.8, 4) is 0 Å². The molecule has 1 atom stereocenters. The number of aryl methyl sites for hydroxylation is 1. The van der Waals surface area contributed by atoms with Gasteiger partial charge in [-0.15, -0.1) is 11.3 Å². The van der Waals surface area contributed by atoms with Gasteiger partial charge in [0.2, 0.25) is 0 Å². The second-order valence-corrected chi connectivity index (χ2v) is 7.06. The number of hydrogen-bond acceptors (Lipinski definition) is 3. The molecule has 0 bridgehead atoms. The van der Waals surface area contributed by atoms with Crippen molar-refractivity contribution in [2.75, 3.05) is 5.32 Å². The molecule has 25 heavy (non-hydrogen) atoms. The normalized spacial score (nSPS) is 12.4. The van der Waals surface area contributed by atoms with Gasteiger partial charge in [-0.3, -0.25) is 4.79 Å². The summed E-state index contributed by atoms with van der Waals surface area (Å²) in [6.45, 7) is 2.00. The molecule has 4 heteroatoms. The van der Waals surface area contributed by atoms with E-state index in [0.717, 1.165) is 26.4 Å². The van der Waals surface area contributed by atoms with Gasteiger partial charge in [0.25, 0.3) is 5.91 Å². The van der Waals surface area contributed by atoms with Crippen LogP contribution in [0.5, 0.6) is 0 Å². The van der Waals surface area contributed by atoms with Gasteiger partial charge in [-0.1, -0.05) is 48.0 Å². The number of anilines is 1. The van der Waals surface area contributed by atoms with Crippen molar-refractivity contribution in [1.29, 1.82) is 0 Å². The summed E-state index contributed by atoms with van der Waals surface area (Å²) in [6, 6.07) is 19.7. The van der Waals surface area contributed by atoms with Gasteiger partial charge in [-0.2, -0.15) is 0 Å². The van der Waals surface area contributed by atoms with Gasteiger partial charge in [0.05, 0.1) is 0 Å². The van der Waals surface area contributed by atoms with Gasteiger partial charge < -0.3 is 10.4 Å². The highest BCUT2D eigenvalue weighted by molar-refractivity contribution is 7.17. The van der Waals surface area contributed by atoms with Gasteiger partial charge in [0, 0.05) is 16.0 Å². The maximum absolute atomic E-state index is 12.5. The van der Waals surface area contributed by atoms with E-state index in [0.29, 0.717) is 11.3 Å². The first-order chi connectivity index (χ1) is 12.1. The maximum Gasteiger partial charge on any atom is 0.257 e. The van der Waals surface area contributed by atoms with E-state index in [1.165, 1.54) is 11.3 Å². The fourth-order valence-corrected chi connectivity index (χ4v) is 3.95. The van der Waals surface area contributed by atoms with Crippen LogP contribution in [-0.2, 0) is 4.79 Å². The summed E-state index contributed by atoms with van der Waals surface area (Å²) in [5, 5.41) is 18.3. The minimum atomic E-state index is -1.19. The maximum atomic E-state index is 12.5. The number of nitrogens with one attached hydrogen (secondary N) is 1. The highest BCUT2D eigenvalue weighted by atomic mass is 32.1. The highest BCUT2D eigenvalue weighted by Crippen LogP contribution is 2.32. The van der Waals surface area contributed by atoms with Crippen LogP contribution in [0.3, 0.4) is 0 Å². The van der Waals surface area contributed by atoms with Gasteiger partial charge in [0.1, 0.15) is 0 Å².